The molecule has 0 saturated carbocycles. The molecule has 31 heavy (non-hydrogen) atoms. The lowest BCUT2D eigenvalue weighted by atomic mass is 10.0. The van der Waals surface area contributed by atoms with Crippen molar-refractivity contribution in [1.82, 2.24) is 10.6 Å². The first-order chi connectivity index (χ1) is 14.6. The van der Waals surface area contributed by atoms with Gasteiger partial charge in [0.25, 0.3) is 17.5 Å². The van der Waals surface area contributed by atoms with Gasteiger partial charge in [-0.15, -0.1) is 0 Å². The Morgan fingerprint density at radius 2 is 1.71 bits per heavy atom. The van der Waals surface area contributed by atoms with Gasteiger partial charge in [-0.25, -0.2) is 4.79 Å². The van der Waals surface area contributed by atoms with Gasteiger partial charge >= 0.3 is 5.97 Å². The topological polar surface area (TPSA) is 139 Å². The summed E-state index contributed by atoms with van der Waals surface area (Å²) in [6.45, 7) is 3.27. The monoisotopic (exact) mass is 489 g/mol. The van der Waals surface area contributed by atoms with E-state index in [0.717, 1.165) is 0 Å². The molecule has 2 aromatic rings. The number of nitro benzene ring substituents is 1. The number of hydrogen-bond acceptors (Lipinski definition) is 5. The number of non-ortho nitro benzene ring substituents is 1. The van der Waals surface area contributed by atoms with Crippen LogP contribution in [0.5, 0.6) is 0 Å². The first kappa shape index (κ1) is 23.7. The molecule has 2 amide bonds. The molecule has 2 aromatic carbocycles. The molecule has 0 heterocycles. The fourth-order valence-electron chi connectivity index (χ4n) is 2.58. The Bertz CT molecular complexity index is 1030. The Morgan fingerprint density at radius 3 is 2.23 bits per heavy atom. The zero-order chi connectivity index (χ0) is 23.1. The highest BCUT2D eigenvalue weighted by Crippen LogP contribution is 2.18. The number of carbonyl (C=O) groups excluding carboxylic acids is 2. The van der Waals surface area contributed by atoms with Gasteiger partial charge in [0.05, 0.1) is 10.5 Å². The van der Waals surface area contributed by atoms with Crippen molar-refractivity contribution in [3.05, 3.63) is 79.9 Å². The van der Waals surface area contributed by atoms with Crippen molar-refractivity contribution < 1.29 is 24.4 Å². The third kappa shape index (κ3) is 6.48. The van der Waals surface area contributed by atoms with E-state index in [-0.39, 0.29) is 16.9 Å². The van der Waals surface area contributed by atoms with E-state index in [4.69, 9.17) is 0 Å². The third-order valence-corrected chi connectivity index (χ3v) is 4.94. The van der Waals surface area contributed by atoms with E-state index in [1.807, 2.05) is 0 Å². The Hall–Kier alpha value is -3.53. The summed E-state index contributed by atoms with van der Waals surface area (Å²) in [6.07, 6.45) is 1.31. The van der Waals surface area contributed by atoms with Crippen LogP contribution in [0.1, 0.15) is 29.8 Å². The highest BCUT2D eigenvalue weighted by atomic mass is 79.9. The van der Waals surface area contributed by atoms with Gasteiger partial charge in [0, 0.05) is 16.6 Å². The molecule has 0 aliphatic carbocycles. The van der Waals surface area contributed by atoms with Crippen molar-refractivity contribution in [2.24, 2.45) is 5.92 Å². The second-order valence-electron chi connectivity index (χ2n) is 6.87. The highest BCUT2D eigenvalue weighted by Gasteiger charge is 2.26. The predicted molar refractivity (Wildman–Crippen MR) is 117 cm³/mol. The molecular weight excluding hydrogens is 470 g/mol. The molecule has 0 aliphatic rings. The number of halogens is 1. The molecule has 0 radical (unpaired) electrons. The van der Waals surface area contributed by atoms with Gasteiger partial charge < -0.3 is 15.7 Å². The van der Waals surface area contributed by atoms with Crippen LogP contribution in [0.3, 0.4) is 0 Å². The van der Waals surface area contributed by atoms with Gasteiger partial charge in [0.2, 0.25) is 0 Å². The molecule has 1 atom stereocenters. The van der Waals surface area contributed by atoms with E-state index in [0.29, 0.717) is 10.0 Å². The first-order valence-corrected chi connectivity index (χ1v) is 9.95. The predicted octanol–water partition coefficient (Wildman–Crippen LogP) is 3.35. The van der Waals surface area contributed by atoms with Crippen LogP contribution in [-0.4, -0.2) is 33.9 Å². The normalized spacial score (nSPS) is 12.2. The van der Waals surface area contributed by atoms with Gasteiger partial charge in [-0.1, -0.05) is 26.0 Å². The zero-order valence-corrected chi connectivity index (χ0v) is 18.3. The molecule has 0 bridgehead atoms. The number of amides is 2. The molecule has 9 nitrogen and oxygen atoms in total. The third-order valence-electron chi connectivity index (χ3n) is 4.25. The Labute approximate surface area is 186 Å². The lowest BCUT2D eigenvalue weighted by molar-refractivity contribution is -0.384. The largest absolute Gasteiger partial charge is 0.480 e. The fourth-order valence-corrected chi connectivity index (χ4v) is 3.05. The Kier molecular flexibility index (Phi) is 8.03. The molecule has 0 spiro atoms. The van der Waals surface area contributed by atoms with Crippen molar-refractivity contribution >= 4 is 45.5 Å². The number of hydrogen-bond donors (Lipinski definition) is 3. The van der Waals surface area contributed by atoms with E-state index in [1.54, 1.807) is 38.1 Å². The number of carbonyl (C=O) groups is 3. The average molecular weight is 490 g/mol. The van der Waals surface area contributed by atoms with E-state index >= 15 is 0 Å². The molecule has 0 aliphatic heterocycles. The van der Waals surface area contributed by atoms with E-state index in [1.165, 1.54) is 30.3 Å². The Morgan fingerprint density at radius 1 is 1.10 bits per heavy atom. The Balaban J connectivity index is 2.39. The van der Waals surface area contributed by atoms with Crippen LogP contribution in [0, 0.1) is 16.0 Å². The van der Waals surface area contributed by atoms with Crippen LogP contribution in [-0.2, 0) is 9.59 Å². The summed E-state index contributed by atoms with van der Waals surface area (Å²) in [5.41, 5.74) is 0.329. The van der Waals surface area contributed by atoms with Crippen LogP contribution in [0.25, 0.3) is 6.08 Å². The van der Waals surface area contributed by atoms with Crippen LogP contribution < -0.4 is 10.6 Å². The van der Waals surface area contributed by atoms with Crippen molar-refractivity contribution in [3.8, 4) is 0 Å². The molecule has 0 aromatic heterocycles. The molecule has 2 rings (SSSR count). The number of aliphatic carboxylic acids is 1. The summed E-state index contributed by atoms with van der Waals surface area (Å²) >= 11 is 3.27. The van der Waals surface area contributed by atoms with Crippen LogP contribution in [0.15, 0.2) is 58.7 Å². The number of rotatable bonds is 8. The van der Waals surface area contributed by atoms with Gasteiger partial charge in [-0.2, -0.15) is 0 Å². The van der Waals surface area contributed by atoms with Gasteiger partial charge in [-0.05, 0) is 57.8 Å². The summed E-state index contributed by atoms with van der Waals surface area (Å²) in [4.78, 5) is 47.2. The minimum Gasteiger partial charge on any atom is -0.480 e. The maximum atomic E-state index is 12.8. The first-order valence-electron chi connectivity index (χ1n) is 9.16. The lowest BCUT2D eigenvalue weighted by Gasteiger charge is -2.19. The molecule has 10 heteroatoms. The maximum Gasteiger partial charge on any atom is 0.326 e. The summed E-state index contributed by atoms with van der Waals surface area (Å²) in [6, 6.07) is 10.7. The maximum absolute atomic E-state index is 12.8. The number of nitrogens with zero attached hydrogens (tertiary/aromatic N) is 1. The summed E-state index contributed by atoms with van der Waals surface area (Å²) < 4.78 is 0.508. The van der Waals surface area contributed by atoms with Gasteiger partial charge in [-0.3, -0.25) is 19.7 Å². The van der Waals surface area contributed by atoms with E-state index < -0.39 is 34.7 Å². The molecular formula is C21H20BrN3O6. The number of nitro groups is 1. The second-order valence-corrected chi connectivity index (χ2v) is 7.73. The number of carboxylic acid groups (broad SMARTS) is 1. The van der Waals surface area contributed by atoms with Gasteiger partial charge in [0.15, 0.2) is 0 Å². The zero-order valence-electron chi connectivity index (χ0n) is 16.7. The smallest absolute Gasteiger partial charge is 0.326 e. The van der Waals surface area contributed by atoms with Gasteiger partial charge in [0.1, 0.15) is 11.7 Å². The molecule has 3 N–H and O–H groups in total. The minimum atomic E-state index is -1.21. The molecule has 162 valence electrons. The summed E-state index contributed by atoms with van der Waals surface area (Å²) in [7, 11) is 0. The SMILES string of the molecule is CC(C)[C@@H](NC(=O)/C(=C/c1ccc([N+](=O)[O-])cc1)NC(=O)c1ccccc1Br)C(=O)O. The number of benzene rings is 2. The standard InChI is InChI=1S/C21H20BrN3O6/c1-12(2)18(21(28)29)24-20(27)17(11-13-7-9-14(10-8-13)25(30)31)23-19(26)15-5-3-4-6-16(15)22/h3-12,18H,1-2H3,(H,23,26)(H,24,27)(H,28,29)/b17-11-/t18-/m1/s1. The number of nitrogens with one attached hydrogen (secondary N) is 2. The van der Waals surface area contributed by atoms with Crippen LogP contribution in [0.4, 0.5) is 5.69 Å². The molecule has 0 fully saturated rings. The summed E-state index contributed by atoms with van der Waals surface area (Å²) in [5, 5.41) is 25.1. The average Bonchev–Trinajstić information content (AvgIpc) is 2.71. The summed E-state index contributed by atoms with van der Waals surface area (Å²) in [5.74, 6) is -3.01. The molecule has 0 saturated heterocycles. The second kappa shape index (κ2) is 10.5. The fraction of sp³-hybridized carbons (Fsp3) is 0.190. The lowest BCUT2D eigenvalue weighted by Crippen LogP contribution is -2.47. The van der Waals surface area contributed by atoms with Crippen LogP contribution >= 0.6 is 15.9 Å². The van der Waals surface area contributed by atoms with Crippen molar-refractivity contribution in [2.45, 2.75) is 19.9 Å². The quantitative estimate of drug-likeness (QED) is 0.295. The van der Waals surface area contributed by atoms with E-state index in [9.17, 15) is 29.6 Å². The van der Waals surface area contributed by atoms with Crippen molar-refractivity contribution in [1.29, 1.82) is 0 Å². The number of carboxylic acids is 1. The van der Waals surface area contributed by atoms with E-state index in [2.05, 4.69) is 26.6 Å². The highest BCUT2D eigenvalue weighted by molar-refractivity contribution is 9.10. The van der Waals surface area contributed by atoms with Crippen molar-refractivity contribution in [2.75, 3.05) is 0 Å². The minimum absolute atomic E-state index is 0.133. The molecule has 0 unspecified atom stereocenters. The van der Waals surface area contributed by atoms with Crippen molar-refractivity contribution in [3.63, 3.8) is 0 Å². The van der Waals surface area contributed by atoms with Crippen LogP contribution in [0.2, 0.25) is 0 Å².